The number of sulfonamides is 2. The van der Waals surface area contributed by atoms with Gasteiger partial charge in [-0.1, -0.05) is 35.4 Å². The highest BCUT2D eigenvalue weighted by Crippen LogP contribution is 2.27. The molecule has 0 spiro atoms. The van der Waals surface area contributed by atoms with E-state index in [0.717, 1.165) is 21.0 Å². The molecule has 0 atom stereocenters. The Morgan fingerprint density at radius 2 is 1.34 bits per heavy atom. The van der Waals surface area contributed by atoms with Gasteiger partial charge in [0.05, 0.1) is 28.3 Å². The van der Waals surface area contributed by atoms with E-state index in [1.54, 1.807) is 42.5 Å². The minimum Gasteiger partial charge on any atom is -0.497 e. The van der Waals surface area contributed by atoms with Crippen LogP contribution in [0.3, 0.4) is 0 Å². The van der Waals surface area contributed by atoms with Crippen LogP contribution in [0.25, 0.3) is 0 Å². The van der Waals surface area contributed by atoms with Gasteiger partial charge in [-0.15, -0.1) is 0 Å². The zero-order chi connectivity index (χ0) is 29.8. The largest absolute Gasteiger partial charge is 0.497 e. The molecule has 0 aromatic heterocycles. The average molecular weight is 594 g/mol. The van der Waals surface area contributed by atoms with Crippen LogP contribution in [0.5, 0.6) is 5.75 Å². The Balaban J connectivity index is 1.53. The fourth-order valence-corrected chi connectivity index (χ4v) is 6.63. The number of benzene rings is 4. The predicted octanol–water partition coefficient (Wildman–Crippen LogP) is 5.26. The maximum Gasteiger partial charge on any atom is 0.264 e. The molecule has 0 fully saturated rings. The molecule has 2 N–H and O–H groups in total. The molecule has 214 valence electrons. The summed E-state index contributed by atoms with van der Waals surface area (Å²) in [6.45, 7) is 5.07. The lowest BCUT2D eigenvalue weighted by molar-refractivity contribution is -0.114. The van der Waals surface area contributed by atoms with Crippen LogP contribution in [-0.2, 0) is 24.8 Å². The Labute approximate surface area is 240 Å². The lowest BCUT2D eigenvalue weighted by Crippen LogP contribution is -2.38. The molecule has 0 saturated carbocycles. The lowest BCUT2D eigenvalue weighted by atomic mass is 10.1. The van der Waals surface area contributed by atoms with Crippen molar-refractivity contribution >= 4 is 43.0 Å². The molecule has 0 aliphatic heterocycles. The monoisotopic (exact) mass is 593 g/mol. The van der Waals surface area contributed by atoms with Gasteiger partial charge in [0, 0.05) is 5.69 Å². The van der Waals surface area contributed by atoms with Crippen molar-refractivity contribution in [1.82, 2.24) is 0 Å². The second-order valence-corrected chi connectivity index (χ2v) is 13.1. The number of carbonyl (C=O) groups excluding carboxylic acids is 1. The van der Waals surface area contributed by atoms with E-state index < -0.39 is 32.5 Å². The number of nitrogens with zero attached hydrogens (tertiary/aromatic N) is 1. The van der Waals surface area contributed by atoms with E-state index in [1.807, 2.05) is 32.9 Å². The van der Waals surface area contributed by atoms with Gasteiger partial charge in [-0.05, 0) is 93.1 Å². The van der Waals surface area contributed by atoms with Crippen molar-refractivity contribution in [2.45, 2.75) is 30.6 Å². The molecule has 11 heteroatoms. The molecule has 0 heterocycles. The molecule has 0 aliphatic carbocycles. The minimum atomic E-state index is -4.10. The molecule has 4 aromatic carbocycles. The lowest BCUT2D eigenvalue weighted by Gasteiger charge is -2.24. The highest BCUT2D eigenvalue weighted by molar-refractivity contribution is 7.93. The van der Waals surface area contributed by atoms with E-state index in [4.69, 9.17) is 4.74 Å². The van der Waals surface area contributed by atoms with E-state index in [1.165, 1.54) is 43.5 Å². The third-order valence-corrected chi connectivity index (χ3v) is 9.50. The van der Waals surface area contributed by atoms with Gasteiger partial charge in [-0.3, -0.25) is 13.8 Å². The van der Waals surface area contributed by atoms with Gasteiger partial charge in [0.1, 0.15) is 12.3 Å². The van der Waals surface area contributed by atoms with Crippen molar-refractivity contribution in [2.75, 3.05) is 28.0 Å². The number of amides is 1. The first-order valence-electron chi connectivity index (χ1n) is 12.6. The van der Waals surface area contributed by atoms with Crippen molar-refractivity contribution in [3.05, 3.63) is 108 Å². The molecule has 0 bridgehead atoms. The summed E-state index contributed by atoms with van der Waals surface area (Å²) in [6.07, 6.45) is 0. The van der Waals surface area contributed by atoms with Crippen LogP contribution >= 0.6 is 0 Å². The van der Waals surface area contributed by atoms with Crippen LogP contribution in [0.15, 0.2) is 101 Å². The van der Waals surface area contributed by atoms with Gasteiger partial charge in [-0.2, -0.15) is 0 Å². The standard InChI is InChI=1S/C30H31N3O6S2/c1-21-5-14-28(15-6-21)41(37,38)33(25-10-12-26(39-4)13-11-25)20-30(34)31-24-8-16-27(17-9-24)40(35,36)32-29-18-7-22(2)19-23(29)3/h5-19,32H,20H2,1-4H3,(H,31,34). The normalized spacial score (nSPS) is 11.5. The number of aryl methyl sites for hydroxylation is 3. The highest BCUT2D eigenvalue weighted by atomic mass is 32.2. The van der Waals surface area contributed by atoms with Crippen molar-refractivity contribution in [3.63, 3.8) is 0 Å². The van der Waals surface area contributed by atoms with Gasteiger partial charge < -0.3 is 10.1 Å². The van der Waals surface area contributed by atoms with E-state index in [0.29, 0.717) is 17.1 Å². The molecule has 1 amide bonds. The third kappa shape index (κ3) is 7.05. The molecule has 0 radical (unpaired) electrons. The summed E-state index contributed by atoms with van der Waals surface area (Å²) in [6, 6.07) is 23.7. The van der Waals surface area contributed by atoms with Crippen LogP contribution in [0, 0.1) is 20.8 Å². The maximum absolute atomic E-state index is 13.6. The second-order valence-electron chi connectivity index (χ2n) is 9.52. The maximum atomic E-state index is 13.6. The summed E-state index contributed by atoms with van der Waals surface area (Å²) in [4.78, 5) is 13.1. The second kappa shape index (κ2) is 12.0. The van der Waals surface area contributed by atoms with E-state index >= 15 is 0 Å². The molecular formula is C30H31N3O6S2. The van der Waals surface area contributed by atoms with E-state index in [-0.39, 0.29) is 15.5 Å². The van der Waals surface area contributed by atoms with Gasteiger partial charge in [-0.25, -0.2) is 16.8 Å². The number of carbonyl (C=O) groups is 1. The first-order chi connectivity index (χ1) is 19.4. The summed E-state index contributed by atoms with van der Waals surface area (Å²) >= 11 is 0. The first-order valence-corrected chi connectivity index (χ1v) is 15.5. The molecule has 4 rings (SSSR count). The summed E-state index contributed by atoms with van der Waals surface area (Å²) < 4.78 is 61.7. The molecule has 0 saturated heterocycles. The molecule has 0 aliphatic rings. The van der Waals surface area contributed by atoms with E-state index in [9.17, 15) is 21.6 Å². The summed E-state index contributed by atoms with van der Waals surface area (Å²) in [5.41, 5.74) is 3.76. The summed E-state index contributed by atoms with van der Waals surface area (Å²) in [5, 5.41) is 2.66. The Hall–Kier alpha value is -4.35. The fourth-order valence-electron chi connectivity index (χ4n) is 4.08. The molecule has 9 nitrogen and oxygen atoms in total. The first kappa shape index (κ1) is 29.6. The number of hydrogen-bond donors (Lipinski definition) is 2. The Kier molecular flexibility index (Phi) is 8.69. The van der Waals surface area contributed by atoms with Crippen molar-refractivity contribution in [3.8, 4) is 5.75 Å². The smallest absolute Gasteiger partial charge is 0.264 e. The highest BCUT2D eigenvalue weighted by Gasteiger charge is 2.27. The van der Waals surface area contributed by atoms with Crippen LogP contribution in [-0.4, -0.2) is 36.4 Å². The van der Waals surface area contributed by atoms with Gasteiger partial charge in [0.15, 0.2) is 0 Å². The number of ether oxygens (including phenoxy) is 1. The molecule has 41 heavy (non-hydrogen) atoms. The number of methoxy groups -OCH3 is 1. The zero-order valence-electron chi connectivity index (χ0n) is 23.1. The van der Waals surface area contributed by atoms with Gasteiger partial charge in [0.25, 0.3) is 20.0 Å². The van der Waals surface area contributed by atoms with Crippen LogP contribution in [0.4, 0.5) is 17.1 Å². The zero-order valence-corrected chi connectivity index (χ0v) is 24.7. The SMILES string of the molecule is COc1ccc(N(CC(=O)Nc2ccc(S(=O)(=O)Nc3ccc(C)cc3C)cc2)S(=O)(=O)c2ccc(C)cc2)cc1. The molecular weight excluding hydrogens is 562 g/mol. The molecule has 0 unspecified atom stereocenters. The molecule has 4 aromatic rings. The van der Waals surface area contributed by atoms with Crippen LogP contribution in [0.2, 0.25) is 0 Å². The number of rotatable bonds is 10. The van der Waals surface area contributed by atoms with Gasteiger partial charge in [0.2, 0.25) is 5.91 Å². The third-order valence-electron chi connectivity index (χ3n) is 6.33. The Morgan fingerprint density at radius 3 is 1.93 bits per heavy atom. The Morgan fingerprint density at radius 1 is 0.756 bits per heavy atom. The van der Waals surface area contributed by atoms with Crippen LogP contribution in [0.1, 0.15) is 16.7 Å². The number of anilines is 3. The fraction of sp³-hybridized carbons (Fsp3) is 0.167. The predicted molar refractivity (Wildman–Crippen MR) is 161 cm³/mol. The quantitative estimate of drug-likeness (QED) is 0.259. The van der Waals surface area contributed by atoms with Crippen molar-refractivity contribution < 1.29 is 26.4 Å². The van der Waals surface area contributed by atoms with Gasteiger partial charge >= 0.3 is 0 Å². The Bertz CT molecular complexity index is 1750. The minimum absolute atomic E-state index is 0.0114. The number of nitrogens with one attached hydrogen (secondary N) is 2. The summed E-state index contributed by atoms with van der Waals surface area (Å²) in [5.74, 6) is -0.0755. The van der Waals surface area contributed by atoms with Crippen molar-refractivity contribution in [1.29, 1.82) is 0 Å². The number of hydrogen-bond acceptors (Lipinski definition) is 6. The summed E-state index contributed by atoms with van der Waals surface area (Å²) in [7, 11) is -6.46. The average Bonchev–Trinajstić information content (AvgIpc) is 2.94. The van der Waals surface area contributed by atoms with Crippen LogP contribution < -0.4 is 19.1 Å². The van der Waals surface area contributed by atoms with E-state index in [2.05, 4.69) is 10.0 Å². The topological polar surface area (TPSA) is 122 Å². The van der Waals surface area contributed by atoms with Crippen molar-refractivity contribution in [2.24, 2.45) is 0 Å².